The van der Waals surface area contributed by atoms with E-state index >= 15 is 0 Å². The first-order valence-corrected chi connectivity index (χ1v) is 7.47. The van der Waals surface area contributed by atoms with Crippen molar-refractivity contribution in [1.82, 2.24) is 0 Å². The Kier molecular flexibility index (Phi) is 3.55. The third-order valence-electron chi connectivity index (χ3n) is 3.66. The molecule has 0 radical (unpaired) electrons. The van der Waals surface area contributed by atoms with Crippen molar-refractivity contribution in [2.75, 3.05) is 0 Å². The van der Waals surface area contributed by atoms with Gasteiger partial charge >= 0.3 is 0 Å². The van der Waals surface area contributed by atoms with E-state index in [1.807, 2.05) is 11.4 Å². The van der Waals surface area contributed by atoms with Gasteiger partial charge in [0, 0.05) is 10.4 Å². The number of hydrogen-bond acceptors (Lipinski definition) is 2. The Morgan fingerprint density at radius 3 is 2.81 bits per heavy atom. The maximum Gasteiger partial charge on any atom is 0.177 e. The summed E-state index contributed by atoms with van der Waals surface area (Å²) in [5, 5.41) is 1.98. The molecule has 1 aromatic rings. The first kappa shape index (κ1) is 12.3. The highest BCUT2D eigenvalue weighted by Crippen LogP contribution is 2.43. The molecule has 1 aliphatic carbocycles. The molecule has 0 spiro atoms. The molecule has 0 aliphatic heterocycles. The first-order chi connectivity index (χ1) is 7.52. The second kappa shape index (κ2) is 4.61. The average Bonchev–Trinajstić information content (AvgIpc) is 2.63. The van der Waals surface area contributed by atoms with Crippen molar-refractivity contribution in [2.24, 2.45) is 11.3 Å². The van der Waals surface area contributed by atoms with E-state index in [2.05, 4.69) is 29.8 Å². The minimum atomic E-state index is 0.165. The highest BCUT2D eigenvalue weighted by molar-refractivity contribution is 9.10. The van der Waals surface area contributed by atoms with Gasteiger partial charge in [-0.2, -0.15) is 0 Å². The summed E-state index contributed by atoms with van der Waals surface area (Å²) in [5.41, 5.74) is 0.165. The molecular weight excluding hydrogens is 284 g/mol. The van der Waals surface area contributed by atoms with Crippen LogP contribution in [0.25, 0.3) is 0 Å². The molecule has 3 heteroatoms. The molecule has 0 aromatic carbocycles. The zero-order valence-corrected chi connectivity index (χ0v) is 12.2. The van der Waals surface area contributed by atoms with E-state index in [1.165, 1.54) is 19.3 Å². The van der Waals surface area contributed by atoms with Crippen LogP contribution in [0, 0.1) is 11.3 Å². The van der Waals surface area contributed by atoms with Crippen molar-refractivity contribution in [3.05, 3.63) is 20.8 Å². The quantitative estimate of drug-likeness (QED) is 0.709. The van der Waals surface area contributed by atoms with E-state index in [-0.39, 0.29) is 11.3 Å². The number of carbonyl (C=O) groups is 1. The van der Waals surface area contributed by atoms with Gasteiger partial charge in [0.15, 0.2) is 5.78 Å². The van der Waals surface area contributed by atoms with Crippen LogP contribution in [0.3, 0.4) is 0 Å². The van der Waals surface area contributed by atoms with Gasteiger partial charge in [-0.3, -0.25) is 4.79 Å². The molecular formula is C13H17BrOS. The summed E-state index contributed by atoms with van der Waals surface area (Å²) in [6, 6.07) is 1.97. The van der Waals surface area contributed by atoms with Gasteiger partial charge in [0.05, 0.1) is 4.88 Å². The largest absolute Gasteiger partial charge is 0.293 e. The summed E-state index contributed by atoms with van der Waals surface area (Å²) < 4.78 is 0.962. The molecule has 0 N–H and O–H groups in total. The lowest BCUT2D eigenvalue weighted by atomic mass is 9.67. The minimum Gasteiger partial charge on any atom is -0.293 e. The van der Waals surface area contributed by atoms with Crippen LogP contribution in [0.2, 0.25) is 0 Å². The fourth-order valence-corrected chi connectivity index (χ4v) is 4.17. The number of thiophene rings is 1. The Balaban J connectivity index is 2.24. The predicted octanol–water partition coefficient (Wildman–Crippen LogP) is 4.91. The van der Waals surface area contributed by atoms with Crippen molar-refractivity contribution in [1.29, 1.82) is 0 Å². The lowest BCUT2D eigenvalue weighted by Gasteiger charge is -2.37. The van der Waals surface area contributed by atoms with Crippen molar-refractivity contribution >= 4 is 33.0 Å². The van der Waals surface area contributed by atoms with Crippen LogP contribution >= 0.6 is 27.3 Å². The Bertz CT molecular complexity index is 394. The zero-order chi connectivity index (χ0) is 11.8. The maximum atomic E-state index is 12.5. The standard InChI is InChI=1S/C13H17BrOS/c1-13(2)7-4-3-5-9(13)11(15)12-10(14)6-8-16-12/h6,8-9H,3-5,7H2,1-2H3. The molecule has 0 bridgehead atoms. The summed E-state index contributed by atoms with van der Waals surface area (Å²) in [7, 11) is 0. The Hall–Kier alpha value is -0.150. The topological polar surface area (TPSA) is 17.1 Å². The molecule has 1 aliphatic rings. The van der Waals surface area contributed by atoms with Crippen LogP contribution in [-0.2, 0) is 0 Å². The van der Waals surface area contributed by atoms with Gasteiger partial charge < -0.3 is 0 Å². The van der Waals surface area contributed by atoms with Crippen molar-refractivity contribution in [2.45, 2.75) is 39.5 Å². The smallest absolute Gasteiger partial charge is 0.177 e. The molecule has 88 valence electrons. The second-order valence-electron chi connectivity index (χ2n) is 5.25. The number of ketones is 1. The summed E-state index contributed by atoms with van der Waals surface area (Å²) >= 11 is 5.02. The molecule has 1 aromatic heterocycles. The van der Waals surface area contributed by atoms with Crippen LogP contribution in [0.1, 0.15) is 49.2 Å². The Morgan fingerprint density at radius 1 is 1.50 bits per heavy atom. The molecule has 2 rings (SSSR count). The monoisotopic (exact) mass is 300 g/mol. The maximum absolute atomic E-state index is 12.5. The van der Waals surface area contributed by atoms with Gasteiger partial charge in [-0.05, 0) is 45.6 Å². The minimum absolute atomic E-state index is 0.165. The molecule has 1 saturated carbocycles. The number of Topliss-reactive ketones (excluding diaryl/α,β-unsaturated/α-hetero) is 1. The molecule has 1 atom stereocenters. The van der Waals surface area contributed by atoms with Crippen LogP contribution in [-0.4, -0.2) is 5.78 Å². The van der Waals surface area contributed by atoms with Gasteiger partial charge in [-0.1, -0.05) is 26.7 Å². The molecule has 1 nitrogen and oxygen atoms in total. The average molecular weight is 301 g/mol. The molecule has 16 heavy (non-hydrogen) atoms. The van der Waals surface area contributed by atoms with E-state index in [9.17, 15) is 4.79 Å². The third-order valence-corrected chi connectivity index (χ3v) is 5.52. The van der Waals surface area contributed by atoms with E-state index in [0.29, 0.717) is 5.78 Å². The normalized spacial score (nSPS) is 24.3. The van der Waals surface area contributed by atoms with Crippen LogP contribution in [0.4, 0.5) is 0 Å². The fourth-order valence-electron chi connectivity index (χ4n) is 2.61. The zero-order valence-electron chi connectivity index (χ0n) is 9.75. The lowest BCUT2D eigenvalue weighted by Crippen LogP contribution is -2.33. The van der Waals surface area contributed by atoms with Gasteiger partial charge in [-0.15, -0.1) is 11.3 Å². The first-order valence-electron chi connectivity index (χ1n) is 5.79. The highest BCUT2D eigenvalue weighted by Gasteiger charge is 2.38. The van der Waals surface area contributed by atoms with E-state index in [0.717, 1.165) is 15.8 Å². The second-order valence-corrected chi connectivity index (χ2v) is 7.02. The number of rotatable bonds is 2. The Morgan fingerprint density at radius 2 is 2.25 bits per heavy atom. The Labute approximate surface area is 109 Å². The van der Waals surface area contributed by atoms with Crippen molar-refractivity contribution < 1.29 is 4.79 Å². The van der Waals surface area contributed by atoms with E-state index in [1.54, 1.807) is 11.3 Å². The van der Waals surface area contributed by atoms with Gasteiger partial charge in [-0.25, -0.2) is 0 Å². The number of hydrogen-bond donors (Lipinski definition) is 0. The summed E-state index contributed by atoms with van der Waals surface area (Å²) in [6.45, 7) is 4.46. The summed E-state index contributed by atoms with van der Waals surface area (Å²) in [6.07, 6.45) is 4.69. The third kappa shape index (κ3) is 2.25. The number of halogens is 1. The van der Waals surface area contributed by atoms with Gasteiger partial charge in [0.2, 0.25) is 0 Å². The summed E-state index contributed by atoms with van der Waals surface area (Å²) in [5.74, 6) is 0.544. The van der Waals surface area contributed by atoms with Gasteiger partial charge in [0.25, 0.3) is 0 Å². The molecule has 1 unspecified atom stereocenters. The molecule has 1 fully saturated rings. The highest BCUT2D eigenvalue weighted by atomic mass is 79.9. The van der Waals surface area contributed by atoms with E-state index in [4.69, 9.17) is 0 Å². The van der Waals surface area contributed by atoms with E-state index < -0.39 is 0 Å². The lowest BCUT2D eigenvalue weighted by molar-refractivity contribution is 0.0701. The van der Waals surface area contributed by atoms with Crippen LogP contribution < -0.4 is 0 Å². The molecule has 0 amide bonds. The van der Waals surface area contributed by atoms with Crippen LogP contribution in [0.15, 0.2) is 15.9 Å². The number of carbonyl (C=O) groups excluding carboxylic acids is 1. The van der Waals surface area contributed by atoms with Crippen LogP contribution in [0.5, 0.6) is 0 Å². The van der Waals surface area contributed by atoms with Gasteiger partial charge in [0.1, 0.15) is 0 Å². The van der Waals surface area contributed by atoms with Crippen molar-refractivity contribution in [3.8, 4) is 0 Å². The van der Waals surface area contributed by atoms with Crippen molar-refractivity contribution in [3.63, 3.8) is 0 Å². The molecule has 0 saturated heterocycles. The molecule has 1 heterocycles. The predicted molar refractivity (Wildman–Crippen MR) is 72.1 cm³/mol. The fraction of sp³-hybridized carbons (Fsp3) is 0.615. The summed E-state index contributed by atoms with van der Waals surface area (Å²) in [4.78, 5) is 13.4. The SMILES string of the molecule is CC1(C)CCCCC1C(=O)c1sccc1Br.